The van der Waals surface area contributed by atoms with Crippen LogP contribution in [0.3, 0.4) is 0 Å². The molecule has 1 heterocycles. The van der Waals surface area contributed by atoms with E-state index in [0.29, 0.717) is 4.99 Å². The number of thioether (sulfide) groups is 1. The van der Waals surface area contributed by atoms with Gasteiger partial charge in [-0.1, -0.05) is 25.6 Å². The molecular weight excluding hydrogens is 292 g/mol. The maximum Gasteiger partial charge on any atom is 0.108 e. The Balaban J connectivity index is 2.75. The molecule has 1 aromatic rings. The first-order chi connectivity index (χ1) is 7.13. The van der Waals surface area contributed by atoms with E-state index < -0.39 is 0 Å². The van der Waals surface area contributed by atoms with E-state index in [1.165, 1.54) is 12.8 Å². The first-order valence-electron chi connectivity index (χ1n) is 4.73. The van der Waals surface area contributed by atoms with Crippen molar-refractivity contribution >= 4 is 44.9 Å². The Morgan fingerprint density at radius 3 is 2.93 bits per heavy atom. The summed E-state index contributed by atoms with van der Waals surface area (Å²) in [6.45, 7) is 2.18. The number of rotatable bonds is 5. The van der Waals surface area contributed by atoms with E-state index in [4.69, 9.17) is 18.0 Å². The van der Waals surface area contributed by atoms with Crippen LogP contribution in [0.4, 0.5) is 0 Å². The Morgan fingerprint density at radius 1 is 1.60 bits per heavy atom. The van der Waals surface area contributed by atoms with Crippen LogP contribution in [0, 0.1) is 0 Å². The average Bonchev–Trinajstić information content (AvgIpc) is 2.17. The fraction of sp³-hybridized carbons (Fsp3) is 0.400. The van der Waals surface area contributed by atoms with Gasteiger partial charge in [-0.05, 0) is 40.2 Å². The molecule has 0 atom stereocenters. The van der Waals surface area contributed by atoms with Gasteiger partial charge < -0.3 is 5.73 Å². The largest absolute Gasteiger partial charge is 0.389 e. The summed E-state index contributed by atoms with van der Waals surface area (Å²) >= 11 is 10.0. The molecule has 0 aliphatic heterocycles. The lowest BCUT2D eigenvalue weighted by molar-refractivity contribution is 0.894. The lowest BCUT2D eigenvalue weighted by Crippen LogP contribution is -2.09. The predicted octanol–water partition coefficient (Wildman–Crippen LogP) is 3.37. The van der Waals surface area contributed by atoms with Crippen LogP contribution in [-0.4, -0.2) is 15.7 Å². The predicted molar refractivity (Wildman–Crippen MR) is 73.5 cm³/mol. The molecule has 0 aliphatic carbocycles. The first kappa shape index (κ1) is 12.9. The van der Waals surface area contributed by atoms with Crippen LogP contribution < -0.4 is 5.73 Å². The highest BCUT2D eigenvalue weighted by Crippen LogP contribution is 2.21. The molecule has 1 aromatic heterocycles. The summed E-state index contributed by atoms with van der Waals surface area (Å²) in [7, 11) is 0. The Labute approximate surface area is 108 Å². The molecule has 2 N–H and O–H groups in total. The van der Waals surface area contributed by atoms with Crippen LogP contribution in [0.2, 0.25) is 0 Å². The van der Waals surface area contributed by atoms with E-state index in [0.717, 1.165) is 20.9 Å². The molecule has 2 nitrogen and oxygen atoms in total. The van der Waals surface area contributed by atoms with Crippen molar-refractivity contribution in [3.05, 3.63) is 22.3 Å². The van der Waals surface area contributed by atoms with E-state index in [9.17, 15) is 0 Å². The quantitative estimate of drug-likeness (QED) is 0.392. The maximum absolute atomic E-state index is 5.58. The van der Waals surface area contributed by atoms with Gasteiger partial charge in [0.05, 0.1) is 5.03 Å². The molecule has 0 saturated heterocycles. The molecule has 0 amide bonds. The minimum absolute atomic E-state index is 0.412. The molecule has 0 aromatic carbocycles. The SMILES string of the molecule is CCCCSc1cc(C(N)=S)cc(Br)n1. The molecule has 0 aliphatic rings. The van der Waals surface area contributed by atoms with Crippen molar-refractivity contribution in [2.24, 2.45) is 5.73 Å². The topological polar surface area (TPSA) is 38.9 Å². The third kappa shape index (κ3) is 4.49. The molecule has 0 unspecified atom stereocenters. The fourth-order valence-corrected chi connectivity index (χ4v) is 2.70. The monoisotopic (exact) mass is 304 g/mol. The van der Waals surface area contributed by atoms with E-state index in [1.54, 1.807) is 11.8 Å². The highest BCUT2D eigenvalue weighted by atomic mass is 79.9. The number of unbranched alkanes of at least 4 members (excludes halogenated alkanes) is 1. The zero-order valence-electron chi connectivity index (χ0n) is 8.50. The van der Waals surface area contributed by atoms with Gasteiger partial charge in [-0.2, -0.15) is 0 Å². The second kappa shape index (κ2) is 6.45. The molecule has 15 heavy (non-hydrogen) atoms. The molecule has 0 bridgehead atoms. The van der Waals surface area contributed by atoms with Gasteiger partial charge in [-0.3, -0.25) is 0 Å². The van der Waals surface area contributed by atoms with E-state index in [2.05, 4.69) is 27.8 Å². The third-order valence-electron chi connectivity index (χ3n) is 1.80. The number of hydrogen-bond acceptors (Lipinski definition) is 3. The van der Waals surface area contributed by atoms with Crippen molar-refractivity contribution in [3.8, 4) is 0 Å². The second-order valence-corrected chi connectivity index (χ2v) is 5.45. The number of nitrogens with two attached hydrogens (primary N) is 1. The van der Waals surface area contributed by atoms with Gasteiger partial charge in [-0.25, -0.2) is 4.98 Å². The van der Waals surface area contributed by atoms with Crippen LogP contribution in [0.25, 0.3) is 0 Å². The number of pyridine rings is 1. The van der Waals surface area contributed by atoms with Crippen LogP contribution in [-0.2, 0) is 0 Å². The van der Waals surface area contributed by atoms with Gasteiger partial charge in [0.1, 0.15) is 9.59 Å². The minimum Gasteiger partial charge on any atom is -0.389 e. The van der Waals surface area contributed by atoms with Crippen LogP contribution in [0.5, 0.6) is 0 Å². The number of hydrogen-bond donors (Lipinski definition) is 1. The summed E-state index contributed by atoms with van der Waals surface area (Å²) in [5.41, 5.74) is 6.45. The van der Waals surface area contributed by atoms with Crippen molar-refractivity contribution in [2.45, 2.75) is 24.8 Å². The Hall–Kier alpha value is -0.130. The van der Waals surface area contributed by atoms with Gasteiger partial charge in [0.15, 0.2) is 0 Å². The van der Waals surface area contributed by atoms with Crippen molar-refractivity contribution in [2.75, 3.05) is 5.75 Å². The van der Waals surface area contributed by atoms with E-state index in [1.807, 2.05) is 12.1 Å². The smallest absolute Gasteiger partial charge is 0.108 e. The summed E-state index contributed by atoms with van der Waals surface area (Å²) < 4.78 is 0.784. The van der Waals surface area contributed by atoms with Gasteiger partial charge in [0, 0.05) is 5.56 Å². The highest BCUT2D eigenvalue weighted by Gasteiger charge is 2.03. The number of aromatic nitrogens is 1. The molecule has 1 rings (SSSR count). The van der Waals surface area contributed by atoms with Gasteiger partial charge >= 0.3 is 0 Å². The first-order valence-corrected chi connectivity index (χ1v) is 6.92. The molecule has 0 fully saturated rings. The van der Waals surface area contributed by atoms with Gasteiger partial charge in [0.2, 0.25) is 0 Å². The fourth-order valence-electron chi connectivity index (χ4n) is 1.01. The van der Waals surface area contributed by atoms with Crippen molar-refractivity contribution in [3.63, 3.8) is 0 Å². The van der Waals surface area contributed by atoms with Gasteiger partial charge in [0.25, 0.3) is 0 Å². The molecule has 0 spiro atoms. The molecular formula is C10H13BrN2S2. The Morgan fingerprint density at radius 2 is 2.33 bits per heavy atom. The summed E-state index contributed by atoms with van der Waals surface area (Å²) in [6.07, 6.45) is 2.39. The normalized spacial score (nSPS) is 10.3. The third-order valence-corrected chi connectivity index (χ3v) is 3.44. The van der Waals surface area contributed by atoms with Crippen LogP contribution in [0.15, 0.2) is 21.8 Å². The summed E-state index contributed by atoms with van der Waals surface area (Å²) in [6, 6.07) is 3.78. The summed E-state index contributed by atoms with van der Waals surface area (Å²) in [5, 5.41) is 0.973. The van der Waals surface area contributed by atoms with Crippen LogP contribution >= 0.6 is 39.9 Å². The Bertz CT molecular complexity index is 355. The van der Waals surface area contributed by atoms with E-state index in [-0.39, 0.29) is 0 Å². The zero-order chi connectivity index (χ0) is 11.3. The van der Waals surface area contributed by atoms with Gasteiger partial charge in [-0.15, -0.1) is 11.8 Å². The number of thiocarbonyl (C=S) groups is 1. The van der Waals surface area contributed by atoms with Crippen LogP contribution in [0.1, 0.15) is 25.3 Å². The van der Waals surface area contributed by atoms with E-state index >= 15 is 0 Å². The van der Waals surface area contributed by atoms with Crippen molar-refractivity contribution in [1.82, 2.24) is 4.98 Å². The lowest BCUT2D eigenvalue weighted by atomic mass is 10.3. The second-order valence-electron chi connectivity index (χ2n) is 3.08. The lowest BCUT2D eigenvalue weighted by Gasteiger charge is -2.04. The minimum atomic E-state index is 0.412. The molecule has 0 saturated carbocycles. The standard InChI is InChI=1S/C10H13BrN2S2/c1-2-3-4-15-9-6-7(10(12)14)5-8(11)13-9/h5-6H,2-4H2,1H3,(H2,12,14). The summed E-state index contributed by atoms with van der Waals surface area (Å²) in [5.74, 6) is 1.08. The highest BCUT2D eigenvalue weighted by molar-refractivity contribution is 9.10. The zero-order valence-corrected chi connectivity index (χ0v) is 11.7. The van der Waals surface area contributed by atoms with Crippen molar-refractivity contribution in [1.29, 1.82) is 0 Å². The Kier molecular flexibility index (Phi) is 5.56. The molecule has 0 radical (unpaired) electrons. The number of halogens is 1. The van der Waals surface area contributed by atoms with Crippen molar-refractivity contribution < 1.29 is 0 Å². The molecule has 5 heteroatoms. The summed E-state index contributed by atoms with van der Waals surface area (Å²) in [4.78, 5) is 4.76. The molecule has 82 valence electrons. The average molecular weight is 305 g/mol. The maximum atomic E-state index is 5.58. The number of nitrogens with zero attached hydrogens (tertiary/aromatic N) is 1.